The lowest BCUT2D eigenvalue weighted by Gasteiger charge is -2.11. The summed E-state index contributed by atoms with van der Waals surface area (Å²) in [4.78, 5) is 23.7. The molecular weight excluding hydrogens is 278 g/mol. The number of nitrogens with one attached hydrogen (secondary N) is 1. The van der Waals surface area contributed by atoms with Crippen LogP contribution in [0, 0.1) is 0 Å². The molecule has 1 N–H and O–H groups in total. The van der Waals surface area contributed by atoms with Crippen LogP contribution in [0.3, 0.4) is 0 Å². The molecule has 2 aromatic carbocycles. The fourth-order valence-electron chi connectivity index (χ4n) is 2.10. The molecule has 0 saturated heterocycles. The second-order valence-electron chi connectivity index (χ2n) is 4.76. The number of carbonyl (C=O) groups is 2. The van der Waals surface area contributed by atoms with Crippen molar-refractivity contribution in [2.24, 2.45) is 0 Å². The summed E-state index contributed by atoms with van der Waals surface area (Å²) in [6.07, 6.45) is 0.249. The minimum atomic E-state index is -0.343. The Morgan fingerprint density at radius 1 is 0.955 bits per heavy atom. The van der Waals surface area contributed by atoms with Gasteiger partial charge in [0, 0.05) is 23.4 Å². The van der Waals surface area contributed by atoms with Gasteiger partial charge in [-0.15, -0.1) is 0 Å². The van der Waals surface area contributed by atoms with E-state index in [1.807, 2.05) is 48.5 Å². The number of esters is 1. The molecule has 0 atom stereocenters. The van der Waals surface area contributed by atoms with Crippen LogP contribution in [-0.2, 0) is 9.53 Å². The number of para-hydroxylation sites is 2. The molecule has 4 nitrogen and oxygen atoms in total. The monoisotopic (exact) mass is 297 g/mol. The maximum absolute atomic E-state index is 12.3. The van der Waals surface area contributed by atoms with Gasteiger partial charge in [0.05, 0.1) is 13.0 Å². The Morgan fingerprint density at radius 3 is 2.36 bits per heavy atom. The fraction of sp³-hybridized carbons (Fsp3) is 0.222. The highest BCUT2D eigenvalue weighted by atomic mass is 16.5. The Hall–Kier alpha value is -2.62. The topological polar surface area (TPSA) is 55.4 Å². The van der Waals surface area contributed by atoms with Crippen LogP contribution in [0.2, 0.25) is 0 Å². The summed E-state index contributed by atoms with van der Waals surface area (Å²) in [5.41, 5.74) is 2.23. The van der Waals surface area contributed by atoms with E-state index in [0.29, 0.717) is 12.2 Å². The molecule has 2 rings (SSSR count). The summed E-state index contributed by atoms with van der Waals surface area (Å²) in [5, 5.41) is 3.23. The summed E-state index contributed by atoms with van der Waals surface area (Å²) in [5.74, 6) is -0.420. The van der Waals surface area contributed by atoms with Crippen LogP contribution < -0.4 is 5.32 Å². The molecule has 0 aliphatic carbocycles. The van der Waals surface area contributed by atoms with E-state index in [4.69, 9.17) is 4.74 Å². The van der Waals surface area contributed by atoms with Crippen LogP contribution >= 0.6 is 0 Å². The third-order valence-electron chi connectivity index (χ3n) is 3.14. The summed E-state index contributed by atoms with van der Waals surface area (Å²) in [6, 6.07) is 16.9. The number of anilines is 2. The number of benzene rings is 2. The standard InChI is InChI=1S/C18H19NO3/c1-2-22-18(21)13-12-17(20)15-10-6-7-11-16(15)19-14-8-4-3-5-9-14/h3-11,19H,2,12-13H2,1H3. The second-order valence-corrected chi connectivity index (χ2v) is 4.76. The molecular formula is C18H19NO3. The smallest absolute Gasteiger partial charge is 0.306 e. The normalized spacial score (nSPS) is 10.0. The Bertz CT molecular complexity index is 638. The van der Waals surface area contributed by atoms with Crippen molar-refractivity contribution in [3.05, 3.63) is 60.2 Å². The first-order valence-electron chi connectivity index (χ1n) is 7.30. The number of ether oxygens (including phenoxy) is 1. The molecule has 0 aliphatic rings. The quantitative estimate of drug-likeness (QED) is 0.621. The lowest BCUT2D eigenvalue weighted by molar-refractivity contribution is -0.143. The minimum absolute atomic E-state index is 0.0768. The van der Waals surface area contributed by atoms with E-state index in [0.717, 1.165) is 11.4 Å². The van der Waals surface area contributed by atoms with Gasteiger partial charge >= 0.3 is 5.97 Å². The SMILES string of the molecule is CCOC(=O)CCC(=O)c1ccccc1Nc1ccccc1. The molecule has 0 saturated carbocycles. The Morgan fingerprint density at radius 2 is 1.64 bits per heavy atom. The highest BCUT2D eigenvalue weighted by Crippen LogP contribution is 2.22. The molecule has 0 heterocycles. The van der Waals surface area contributed by atoms with Gasteiger partial charge in [0.1, 0.15) is 0 Å². The van der Waals surface area contributed by atoms with Gasteiger partial charge in [-0.2, -0.15) is 0 Å². The van der Waals surface area contributed by atoms with Gasteiger partial charge in [-0.25, -0.2) is 0 Å². The first kappa shape index (κ1) is 15.8. The molecule has 4 heteroatoms. The van der Waals surface area contributed by atoms with Gasteiger partial charge in [0.25, 0.3) is 0 Å². The summed E-state index contributed by atoms with van der Waals surface area (Å²) in [7, 11) is 0. The van der Waals surface area contributed by atoms with Crippen molar-refractivity contribution in [2.75, 3.05) is 11.9 Å². The molecule has 22 heavy (non-hydrogen) atoms. The Kier molecular flexibility index (Phi) is 5.72. The molecule has 114 valence electrons. The highest BCUT2D eigenvalue weighted by Gasteiger charge is 2.13. The maximum Gasteiger partial charge on any atom is 0.306 e. The van der Waals surface area contributed by atoms with Crippen LogP contribution in [0.5, 0.6) is 0 Å². The van der Waals surface area contributed by atoms with Crippen molar-refractivity contribution in [3.63, 3.8) is 0 Å². The van der Waals surface area contributed by atoms with E-state index in [-0.39, 0.29) is 24.6 Å². The van der Waals surface area contributed by atoms with Crippen molar-refractivity contribution < 1.29 is 14.3 Å². The Labute approximate surface area is 130 Å². The zero-order chi connectivity index (χ0) is 15.8. The van der Waals surface area contributed by atoms with E-state index in [2.05, 4.69) is 5.32 Å². The van der Waals surface area contributed by atoms with Crippen molar-refractivity contribution >= 4 is 23.1 Å². The van der Waals surface area contributed by atoms with E-state index in [1.54, 1.807) is 13.0 Å². The number of rotatable bonds is 7. The van der Waals surface area contributed by atoms with Gasteiger partial charge in [-0.3, -0.25) is 9.59 Å². The molecule has 0 aliphatic heterocycles. The van der Waals surface area contributed by atoms with Crippen molar-refractivity contribution in [2.45, 2.75) is 19.8 Å². The third-order valence-corrected chi connectivity index (χ3v) is 3.14. The molecule has 0 spiro atoms. The van der Waals surface area contributed by atoms with Gasteiger partial charge < -0.3 is 10.1 Å². The predicted octanol–water partition coefficient (Wildman–Crippen LogP) is 3.96. The van der Waals surface area contributed by atoms with Crippen molar-refractivity contribution in [1.82, 2.24) is 0 Å². The fourth-order valence-corrected chi connectivity index (χ4v) is 2.10. The molecule has 0 amide bonds. The summed E-state index contributed by atoms with van der Waals surface area (Å²) >= 11 is 0. The number of hydrogen-bond acceptors (Lipinski definition) is 4. The lowest BCUT2D eigenvalue weighted by Crippen LogP contribution is -2.09. The van der Waals surface area contributed by atoms with E-state index < -0.39 is 0 Å². The molecule has 0 bridgehead atoms. The van der Waals surface area contributed by atoms with Crippen LogP contribution in [0.15, 0.2) is 54.6 Å². The Balaban J connectivity index is 2.07. The zero-order valence-corrected chi connectivity index (χ0v) is 12.5. The zero-order valence-electron chi connectivity index (χ0n) is 12.5. The van der Waals surface area contributed by atoms with Gasteiger partial charge in [0.15, 0.2) is 5.78 Å². The average Bonchev–Trinajstić information content (AvgIpc) is 2.54. The van der Waals surface area contributed by atoms with Crippen LogP contribution in [0.1, 0.15) is 30.1 Å². The molecule has 0 fully saturated rings. The number of ketones is 1. The van der Waals surface area contributed by atoms with Crippen LogP contribution in [0.25, 0.3) is 0 Å². The van der Waals surface area contributed by atoms with Crippen LogP contribution in [-0.4, -0.2) is 18.4 Å². The first-order valence-corrected chi connectivity index (χ1v) is 7.30. The van der Waals surface area contributed by atoms with Crippen LogP contribution in [0.4, 0.5) is 11.4 Å². The lowest BCUT2D eigenvalue weighted by atomic mass is 10.0. The van der Waals surface area contributed by atoms with Gasteiger partial charge in [-0.1, -0.05) is 30.3 Å². The molecule has 2 aromatic rings. The van der Waals surface area contributed by atoms with Crippen molar-refractivity contribution in [1.29, 1.82) is 0 Å². The van der Waals surface area contributed by atoms with E-state index >= 15 is 0 Å². The summed E-state index contributed by atoms with van der Waals surface area (Å²) in [6.45, 7) is 2.08. The van der Waals surface area contributed by atoms with Gasteiger partial charge in [0.2, 0.25) is 0 Å². The number of hydrogen-bond donors (Lipinski definition) is 1. The number of carbonyl (C=O) groups excluding carboxylic acids is 2. The highest BCUT2D eigenvalue weighted by molar-refractivity contribution is 6.02. The van der Waals surface area contributed by atoms with E-state index in [1.165, 1.54) is 0 Å². The maximum atomic E-state index is 12.3. The first-order chi connectivity index (χ1) is 10.7. The second kappa shape index (κ2) is 7.98. The predicted molar refractivity (Wildman–Crippen MR) is 86.4 cm³/mol. The number of Topliss-reactive ketones (excluding diaryl/α,β-unsaturated/α-hetero) is 1. The minimum Gasteiger partial charge on any atom is -0.466 e. The van der Waals surface area contributed by atoms with Crippen molar-refractivity contribution in [3.8, 4) is 0 Å². The average molecular weight is 297 g/mol. The largest absolute Gasteiger partial charge is 0.466 e. The summed E-state index contributed by atoms with van der Waals surface area (Å²) < 4.78 is 4.85. The third kappa shape index (κ3) is 4.45. The molecule has 0 unspecified atom stereocenters. The van der Waals surface area contributed by atoms with E-state index in [9.17, 15) is 9.59 Å². The van der Waals surface area contributed by atoms with Gasteiger partial charge in [-0.05, 0) is 31.2 Å². The molecule has 0 radical (unpaired) electrons. The molecule has 0 aromatic heterocycles.